The Kier molecular flexibility index (Phi) is 2.44. The van der Waals surface area contributed by atoms with Gasteiger partial charge >= 0.3 is 0 Å². The number of imidazole rings is 1. The summed E-state index contributed by atoms with van der Waals surface area (Å²) in [4.78, 5) is 16.4. The summed E-state index contributed by atoms with van der Waals surface area (Å²) in [6, 6.07) is 8.23. The van der Waals surface area contributed by atoms with Gasteiger partial charge in [0, 0.05) is 18.7 Å². The second-order valence-electron chi connectivity index (χ2n) is 4.64. The van der Waals surface area contributed by atoms with E-state index in [1.807, 2.05) is 11.5 Å². The maximum Gasteiger partial charge on any atom is 0.269 e. The molecule has 0 atom stereocenters. The number of aromatic nitrogens is 2. The molecule has 1 aromatic carbocycles. The van der Waals surface area contributed by atoms with E-state index in [0.29, 0.717) is 12.2 Å². The van der Waals surface area contributed by atoms with Gasteiger partial charge in [0.15, 0.2) is 0 Å². The lowest BCUT2D eigenvalue weighted by Gasteiger charge is -2.17. The van der Waals surface area contributed by atoms with E-state index in [0.717, 1.165) is 23.6 Å². The lowest BCUT2D eigenvalue weighted by atomic mass is 10.1. The van der Waals surface area contributed by atoms with Crippen molar-refractivity contribution in [3.8, 4) is 11.4 Å². The Morgan fingerprint density at radius 1 is 1.22 bits per heavy atom. The average molecular weight is 241 g/mol. The van der Waals surface area contributed by atoms with Gasteiger partial charge in [-0.2, -0.15) is 0 Å². The number of hydrogen-bond donors (Lipinski definition) is 1. The lowest BCUT2D eigenvalue weighted by Crippen LogP contribution is -2.35. The minimum absolute atomic E-state index is 0.0235. The van der Waals surface area contributed by atoms with Gasteiger partial charge in [0.1, 0.15) is 11.5 Å². The Hall–Kier alpha value is -2.10. The Labute approximate surface area is 106 Å². The van der Waals surface area contributed by atoms with Crippen LogP contribution in [-0.2, 0) is 6.54 Å². The quantitative estimate of drug-likeness (QED) is 0.829. The Morgan fingerprint density at radius 2 is 1.94 bits per heavy atom. The normalized spacial score (nSPS) is 14.2. The molecule has 18 heavy (non-hydrogen) atoms. The molecule has 3 rings (SSSR count). The predicted molar refractivity (Wildman–Crippen MR) is 69.5 cm³/mol. The molecule has 0 spiro atoms. The summed E-state index contributed by atoms with van der Waals surface area (Å²) >= 11 is 0. The van der Waals surface area contributed by atoms with Crippen molar-refractivity contribution in [2.75, 3.05) is 6.54 Å². The SMILES string of the molecule is Cc1ccc(-c2nc(C)c3n2CCNC3=O)cc1. The summed E-state index contributed by atoms with van der Waals surface area (Å²) in [5, 5.41) is 2.85. The van der Waals surface area contributed by atoms with E-state index in [1.165, 1.54) is 5.56 Å². The van der Waals surface area contributed by atoms with Crippen molar-refractivity contribution in [2.45, 2.75) is 20.4 Å². The summed E-state index contributed by atoms with van der Waals surface area (Å²) in [6.07, 6.45) is 0. The first kappa shape index (κ1) is 11.0. The molecule has 0 aliphatic carbocycles. The van der Waals surface area contributed by atoms with Crippen LogP contribution in [0.1, 0.15) is 21.7 Å². The Balaban J connectivity index is 2.16. The van der Waals surface area contributed by atoms with Gasteiger partial charge in [0.2, 0.25) is 0 Å². The molecule has 0 unspecified atom stereocenters. The van der Waals surface area contributed by atoms with Crippen molar-refractivity contribution < 1.29 is 4.79 Å². The van der Waals surface area contributed by atoms with Gasteiger partial charge in [-0.15, -0.1) is 0 Å². The first-order valence-corrected chi connectivity index (χ1v) is 6.09. The molecule has 4 nitrogen and oxygen atoms in total. The highest BCUT2D eigenvalue weighted by atomic mass is 16.2. The van der Waals surface area contributed by atoms with E-state index in [1.54, 1.807) is 0 Å². The summed E-state index contributed by atoms with van der Waals surface area (Å²) in [5.74, 6) is 0.863. The summed E-state index contributed by atoms with van der Waals surface area (Å²) in [7, 11) is 0. The summed E-state index contributed by atoms with van der Waals surface area (Å²) in [5.41, 5.74) is 3.77. The number of nitrogens with one attached hydrogen (secondary N) is 1. The second-order valence-corrected chi connectivity index (χ2v) is 4.64. The van der Waals surface area contributed by atoms with Crippen molar-refractivity contribution in [3.05, 3.63) is 41.2 Å². The van der Waals surface area contributed by atoms with Crippen LogP contribution in [0.25, 0.3) is 11.4 Å². The molecule has 2 aromatic rings. The van der Waals surface area contributed by atoms with Crippen molar-refractivity contribution in [2.24, 2.45) is 0 Å². The monoisotopic (exact) mass is 241 g/mol. The van der Waals surface area contributed by atoms with Crippen LogP contribution in [0, 0.1) is 13.8 Å². The van der Waals surface area contributed by atoms with Gasteiger partial charge in [-0.1, -0.05) is 29.8 Å². The molecule has 1 N–H and O–H groups in total. The fourth-order valence-corrected chi connectivity index (χ4v) is 2.37. The van der Waals surface area contributed by atoms with Crippen LogP contribution in [0.5, 0.6) is 0 Å². The van der Waals surface area contributed by atoms with Crippen LogP contribution in [0.4, 0.5) is 0 Å². The maximum absolute atomic E-state index is 11.8. The van der Waals surface area contributed by atoms with Gasteiger partial charge in [-0.3, -0.25) is 4.79 Å². The number of benzene rings is 1. The molecule has 4 heteroatoms. The smallest absolute Gasteiger partial charge is 0.269 e. The van der Waals surface area contributed by atoms with E-state index in [9.17, 15) is 4.79 Å². The maximum atomic E-state index is 11.8. The highest BCUT2D eigenvalue weighted by Gasteiger charge is 2.24. The minimum atomic E-state index is -0.0235. The van der Waals surface area contributed by atoms with E-state index in [2.05, 4.69) is 41.5 Å². The second kappa shape index (κ2) is 3.98. The average Bonchev–Trinajstić information content (AvgIpc) is 2.69. The Morgan fingerprint density at radius 3 is 2.67 bits per heavy atom. The van der Waals surface area contributed by atoms with E-state index in [4.69, 9.17) is 0 Å². The van der Waals surface area contributed by atoms with Crippen LogP contribution >= 0.6 is 0 Å². The molecule has 0 radical (unpaired) electrons. The zero-order valence-corrected chi connectivity index (χ0v) is 10.5. The molecule has 1 aliphatic heterocycles. The van der Waals surface area contributed by atoms with Crippen LogP contribution in [-0.4, -0.2) is 22.0 Å². The van der Waals surface area contributed by atoms with E-state index in [-0.39, 0.29) is 5.91 Å². The summed E-state index contributed by atoms with van der Waals surface area (Å²) in [6.45, 7) is 5.39. The van der Waals surface area contributed by atoms with Gasteiger partial charge in [0.25, 0.3) is 5.91 Å². The number of fused-ring (bicyclic) bond motifs is 1. The van der Waals surface area contributed by atoms with E-state index >= 15 is 0 Å². The molecular formula is C14H15N3O. The first-order chi connectivity index (χ1) is 8.66. The molecule has 0 saturated carbocycles. The largest absolute Gasteiger partial charge is 0.349 e. The van der Waals surface area contributed by atoms with Crippen LogP contribution in [0.3, 0.4) is 0 Å². The van der Waals surface area contributed by atoms with Gasteiger partial charge in [0.05, 0.1) is 5.69 Å². The molecule has 92 valence electrons. The highest BCUT2D eigenvalue weighted by molar-refractivity contribution is 5.95. The highest BCUT2D eigenvalue weighted by Crippen LogP contribution is 2.24. The van der Waals surface area contributed by atoms with Crippen molar-refractivity contribution in [1.82, 2.24) is 14.9 Å². The number of carbonyl (C=O) groups is 1. The molecular weight excluding hydrogens is 226 g/mol. The van der Waals surface area contributed by atoms with Gasteiger partial charge in [-0.05, 0) is 13.8 Å². The zero-order valence-electron chi connectivity index (χ0n) is 10.5. The molecule has 1 aliphatic rings. The fourth-order valence-electron chi connectivity index (χ4n) is 2.37. The Bertz CT molecular complexity index is 611. The third kappa shape index (κ3) is 1.61. The molecule has 0 bridgehead atoms. The molecule has 1 aromatic heterocycles. The molecule has 1 amide bonds. The molecule has 0 fully saturated rings. The molecule has 2 heterocycles. The van der Waals surface area contributed by atoms with Crippen LogP contribution in [0.15, 0.2) is 24.3 Å². The number of carbonyl (C=O) groups excluding carboxylic acids is 1. The number of hydrogen-bond acceptors (Lipinski definition) is 2. The van der Waals surface area contributed by atoms with Crippen LogP contribution < -0.4 is 5.32 Å². The third-order valence-corrected chi connectivity index (χ3v) is 3.29. The number of rotatable bonds is 1. The number of aryl methyl sites for hydroxylation is 2. The standard InChI is InChI=1S/C14H15N3O/c1-9-3-5-11(6-4-9)13-16-10(2)12-14(18)15-7-8-17(12)13/h3-6H,7-8H2,1-2H3,(H,15,18). The fraction of sp³-hybridized carbons (Fsp3) is 0.286. The van der Waals surface area contributed by atoms with Crippen molar-refractivity contribution in [1.29, 1.82) is 0 Å². The van der Waals surface area contributed by atoms with Gasteiger partial charge < -0.3 is 9.88 Å². The van der Waals surface area contributed by atoms with Crippen molar-refractivity contribution in [3.63, 3.8) is 0 Å². The van der Waals surface area contributed by atoms with Gasteiger partial charge in [-0.25, -0.2) is 4.98 Å². The summed E-state index contributed by atoms with van der Waals surface area (Å²) < 4.78 is 2.01. The minimum Gasteiger partial charge on any atom is -0.349 e. The van der Waals surface area contributed by atoms with Crippen LogP contribution in [0.2, 0.25) is 0 Å². The first-order valence-electron chi connectivity index (χ1n) is 6.09. The third-order valence-electron chi connectivity index (χ3n) is 3.29. The topological polar surface area (TPSA) is 46.9 Å². The van der Waals surface area contributed by atoms with Crippen molar-refractivity contribution >= 4 is 5.91 Å². The number of amides is 1. The van der Waals surface area contributed by atoms with E-state index < -0.39 is 0 Å². The predicted octanol–water partition coefficient (Wildman–Crippen LogP) is 1.91. The lowest BCUT2D eigenvalue weighted by molar-refractivity contribution is 0.0927. The molecule has 0 saturated heterocycles. The zero-order chi connectivity index (χ0) is 12.7. The number of nitrogens with zero attached hydrogens (tertiary/aromatic N) is 2.